The number of carbonyl (C=O) groups excluding carboxylic acids is 1. The molecule has 3 rings (SSSR count). The standard InChI is InChI=1S/C17H26N4O2/c1-13-10-18-11-15(19-13)16-4-3-7-21(16)12-17(23)5-8-20(9-6-17)14(2)22/h10-11,16,23H,3-9,12H2,1-2H3/t16-/m1/s1. The molecule has 0 spiro atoms. The van der Waals surface area contributed by atoms with E-state index in [0.29, 0.717) is 32.5 Å². The maximum atomic E-state index is 11.4. The van der Waals surface area contributed by atoms with Crippen molar-refractivity contribution in [2.24, 2.45) is 0 Å². The summed E-state index contributed by atoms with van der Waals surface area (Å²) in [6.45, 7) is 6.49. The Hall–Kier alpha value is -1.53. The van der Waals surface area contributed by atoms with Gasteiger partial charge >= 0.3 is 0 Å². The van der Waals surface area contributed by atoms with Crippen molar-refractivity contribution in [3.05, 3.63) is 23.8 Å². The zero-order chi connectivity index (χ0) is 16.4. The van der Waals surface area contributed by atoms with Crippen LogP contribution in [0.5, 0.6) is 0 Å². The largest absolute Gasteiger partial charge is 0.388 e. The molecule has 0 aromatic carbocycles. The van der Waals surface area contributed by atoms with Crippen LogP contribution in [0.4, 0.5) is 0 Å². The molecular formula is C17H26N4O2. The molecule has 3 heterocycles. The van der Waals surface area contributed by atoms with E-state index in [1.54, 1.807) is 13.1 Å². The zero-order valence-electron chi connectivity index (χ0n) is 14.0. The highest BCUT2D eigenvalue weighted by molar-refractivity contribution is 5.73. The van der Waals surface area contributed by atoms with Crippen LogP contribution in [-0.4, -0.2) is 62.6 Å². The van der Waals surface area contributed by atoms with Gasteiger partial charge in [0.05, 0.1) is 23.0 Å². The molecule has 1 aromatic heterocycles. The van der Waals surface area contributed by atoms with Crippen LogP contribution < -0.4 is 0 Å². The van der Waals surface area contributed by atoms with Gasteiger partial charge in [-0.3, -0.25) is 19.7 Å². The van der Waals surface area contributed by atoms with Gasteiger partial charge in [0.1, 0.15) is 0 Å². The Bertz CT molecular complexity index is 569. The van der Waals surface area contributed by atoms with E-state index in [0.717, 1.165) is 30.8 Å². The van der Waals surface area contributed by atoms with Crippen molar-refractivity contribution < 1.29 is 9.90 Å². The summed E-state index contributed by atoms with van der Waals surface area (Å²) >= 11 is 0. The third kappa shape index (κ3) is 3.70. The average molecular weight is 318 g/mol. The number of carbonyl (C=O) groups is 1. The second kappa shape index (κ2) is 6.53. The fourth-order valence-corrected chi connectivity index (χ4v) is 3.77. The minimum Gasteiger partial charge on any atom is -0.388 e. The molecule has 6 heteroatoms. The Morgan fingerprint density at radius 1 is 1.35 bits per heavy atom. The number of piperidine rings is 1. The van der Waals surface area contributed by atoms with Crippen molar-refractivity contribution >= 4 is 5.91 Å². The maximum absolute atomic E-state index is 11.4. The normalized spacial score (nSPS) is 24.8. The molecule has 0 bridgehead atoms. The third-order valence-corrected chi connectivity index (χ3v) is 5.12. The molecule has 23 heavy (non-hydrogen) atoms. The van der Waals surface area contributed by atoms with Gasteiger partial charge in [-0.15, -0.1) is 0 Å². The Balaban J connectivity index is 1.66. The fourth-order valence-electron chi connectivity index (χ4n) is 3.77. The van der Waals surface area contributed by atoms with E-state index in [4.69, 9.17) is 0 Å². The van der Waals surface area contributed by atoms with Crippen LogP contribution in [0.25, 0.3) is 0 Å². The third-order valence-electron chi connectivity index (χ3n) is 5.12. The average Bonchev–Trinajstić information content (AvgIpc) is 2.95. The zero-order valence-corrected chi connectivity index (χ0v) is 14.0. The van der Waals surface area contributed by atoms with E-state index in [9.17, 15) is 9.90 Å². The Morgan fingerprint density at radius 3 is 2.74 bits per heavy atom. The SMILES string of the molecule is CC(=O)N1CCC(O)(CN2CCC[C@@H]2c2cncc(C)n2)CC1. The molecule has 1 amide bonds. The molecule has 0 aliphatic carbocycles. The van der Waals surface area contributed by atoms with Crippen molar-refractivity contribution in [2.45, 2.75) is 51.2 Å². The van der Waals surface area contributed by atoms with Gasteiger partial charge in [-0.2, -0.15) is 0 Å². The van der Waals surface area contributed by atoms with Crippen molar-refractivity contribution in [3.8, 4) is 0 Å². The first-order valence-corrected chi connectivity index (χ1v) is 8.47. The number of hydrogen-bond acceptors (Lipinski definition) is 5. The predicted molar refractivity (Wildman–Crippen MR) is 86.8 cm³/mol. The van der Waals surface area contributed by atoms with Gasteiger partial charge < -0.3 is 10.0 Å². The molecule has 0 saturated carbocycles. The lowest BCUT2D eigenvalue weighted by Crippen LogP contribution is -2.51. The van der Waals surface area contributed by atoms with E-state index in [1.807, 2.05) is 18.0 Å². The Kier molecular flexibility index (Phi) is 4.64. The van der Waals surface area contributed by atoms with Gasteiger partial charge in [-0.05, 0) is 39.2 Å². The molecule has 2 fully saturated rings. The number of amides is 1. The number of nitrogens with zero attached hydrogens (tertiary/aromatic N) is 4. The molecule has 1 atom stereocenters. The van der Waals surface area contributed by atoms with Gasteiger partial charge in [0, 0.05) is 39.0 Å². The first-order chi connectivity index (χ1) is 11.0. The van der Waals surface area contributed by atoms with E-state index in [2.05, 4.69) is 14.9 Å². The van der Waals surface area contributed by atoms with Crippen LogP contribution >= 0.6 is 0 Å². The molecule has 2 aliphatic rings. The fraction of sp³-hybridized carbons (Fsp3) is 0.706. The second-order valence-corrected chi connectivity index (χ2v) is 6.94. The molecule has 0 unspecified atom stereocenters. The monoisotopic (exact) mass is 318 g/mol. The summed E-state index contributed by atoms with van der Waals surface area (Å²) in [5.74, 6) is 0.0983. The summed E-state index contributed by atoms with van der Waals surface area (Å²) < 4.78 is 0. The second-order valence-electron chi connectivity index (χ2n) is 6.94. The van der Waals surface area contributed by atoms with Crippen molar-refractivity contribution in [2.75, 3.05) is 26.2 Å². The molecule has 126 valence electrons. The lowest BCUT2D eigenvalue weighted by Gasteiger charge is -2.41. The molecule has 1 aromatic rings. The quantitative estimate of drug-likeness (QED) is 0.909. The maximum Gasteiger partial charge on any atom is 0.219 e. The van der Waals surface area contributed by atoms with Crippen LogP contribution in [-0.2, 0) is 4.79 Å². The van der Waals surface area contributed by atoms with Crippen LogP contribution in [0.3, 0.4) is 0 Å². The van der Waals surface area contributed by atoms with Gasteiger partial charge in [-0.1, -0.05) is 0 Å². The number of rotatable bonds is 3. The Labute approximate surface area is 137 Å². The van der Waals surface area contributed by atoms with Gasteiger partial charge in [0.2, 0.25) is 5.91 Å². The molecular weight excluding hydrogens is 292 g/mol. The molecule has 2 saturated heterocycles. The topological polar surface area (TPSA) is 69.6 Å². The number of aliphatic hydroxyl groups is 1. The minimum absolute atomic E-state index is 0.0983. The minimum atomic E-state index is -0.703. The highest BCUT2D eigenvalue weighted by Gasteiger charge is 2.38. The lowest BCUT2D eigenvalue weighted by atomic mass is 9.90. The summed E-state index contributed by atoms with van der Waals surface area (Å²) in [5.41, 5.74) is 1.24. The van der Waals surface area contributed by atoms with E-state index < -0.39 is 5.60 Å². The first kappa shape index (κ1) is 16.3. The van der Waals surface area contributed by atoms with E-state index >= 15 is 0 Å². The highest BCUT2D eigenvalue weighted by Crippen LogP contribution is 2.34. The number of β-amino-alcohol motifs (C(OH)–C–C–N with tert-alkyl or cyclic N) is 1. The van der Waals surface area contributed by atoms with Crippen LogP contribution in [0.1, 0.15) is 50.0 Å². The molecule has 1 N–H and O–H groups in total. The van der Waals surface area contributed by atoms with Gasteiger partial charge in [-0.25, -0.2) is 0 Å². The molecule has 6 nitrogen and oxygen atoms in total. The first-order valence-electron chi connectivity index (χ1n) is 8.47. The smallest absolute Gasteiger partial charge is 0.219 e. The summed E-state index contributed by atoms with van der Waals surface area (Å²) in [6.07, 6.45) is 7.10. The van der Waals surface area contributed by atoms with E-state index in [-0.39, 0.29) is 11.9 Å². The summed E-state index contributed by atoms with van der Waals surface area (Å²) in [7, 11) is 0. The summed E-state index contributed by atoms with van der Waals surface area (Å²) in [6, 6.07) is 0.247. The highest BCUT2D eigenvalue weighted by atomic mass is 16.3. The van der Waals surface area contributed by atoms with Crippen LogP contribution in [0.15, 0.2) is 12.4 Å². The number of aryl methyl sites for hydroxylation is 1. The number of aromatic nitrogens is 2. The molecule has 0 radical (unpaired) electrons. The van der Waals surface area contributed by atoms with Crippen molar-refractivity contribution in [3.63, 3.8) is 0 Å². The summed E-state index contributed by atoms with van der Waals surface area (Å²) in [5, 5.41) is 10.9. The van der Waals surface area contributed by atoms with Crippen LogP contribution in [0.2, 0.25) is 0 Å². The summed E-state index contributed by atoms with van der Waals surface area (Å²) in [4.78, 5) is 24.5. The van der Waals surface area contributed by atoms with Gasteiger partial charge in [0.25, 0.3) is 0 Å². The van der Waals surface area contributed by atoms with Crippen molar-refractivity contribution in [1.29, 1.82) is 0 Å². The van der Waals surface area contributed by atoms with Gasteiger partial charge in [0.15, 0.2) is 0 Å². The van der Waals surface area contributed by atoms with Crippen molar-refractivity contribution in [1.82, 2.24) is 19.8 Å². The Morgan fingerprint density at radius 2 is 2.09 bits per heavy atom. The number of hydrogen-bond donors (Lipinski definition) is 1. The van der Waals surface area contributed by atoms with Crippen LogP contribution in [0, 0.1) is 6.92 Å². The molecule has 2 aliphatic heterocycles. The predicted octanol–water partition coefficient (Wildman–Crippen LogP) is 1.30. The van der Waals surface area contributed by atoms with E-state index in [1.165, 1.54) is 0 Å². The lowest BCUT2D eigenvalue weighted by molar-refractivity contribution is -0.133. The number of likely N-dealkylation sites (tertiary alicyclic amines) is 2.